The first-order chi connectivity index (χ1) is 5.89. The zero-order valence-corrected chi connectivity index (χ0v) is 9.49. The highest BCUT2D eigenvalue weighted by Crippen LogP contribution is 2.12. The standard InChI is InChI=1S/C9H24N4/c1-8(10,11-3)6-7-9(2,12-4)13-5/h11-13H,6-7,10H2,1-5H3. The third-order valence-corrected chi connectivity index (χ3v) is 2.82. The van der Waals surface area contributed by atoms with Crippen molar-refractivity contribution in [1.82, 2.24) is 16.0 Å². The average Bonchev–Trinajstić information content (AvgIpc) is 2.14. The molecule has 5 N–H and O–H groups in total. The first kappa shape index (κ1) is 12.8. The maximum Gasteiger partial charge on any atom is 0.0654 e. The normalized spacial score (nSPS) is 17.1. The Kier molecular flexibility index (Phi) is 4.85. The first-order valence-electron chi connectivity index (χ1n) is 4.75. The summed E-state index contributed by atoms with van der Waals surface area (Å²) in [5, 5.41) is 9.54. The van der Waals surface area contributed by atoms with Crippen LogP contribution in [0.15, 0.2) is 0 Å². The number of nitrogens with one attached hydrogen (secondary N) is 3. The Morgan fingerprint density at radius 1 is 0.923 bits per heavy atom. The minimum absolute atomic E-state index is 0.0303. The summed E-state index contributed by atoms with van der Waals surface area (Å²) in [4.78, 5) is 0. The van der Waals surface area contributed by atoms with Gasteiger partial charge in [-0.05, 0) is 47.8 Å². The Labute approximate surface area is 81.6 Å². The van der Waals surface area contributed by atoms with Crippen LogP contribution < -0.4 is 21.7 Å². The van der Waals surface area contributed by atoms with Gasteiger partial charge in [0, 0.05) is 0 Å². The van der Waals surface area contributed by atoms with Gasteiger partial charge >= 0.3 is 0 Å². The number of hydrogen-bond acceptors (Lipinski definition) is 4. The number of nitrogens with two attached hydrogens (primary N) is 1. The van der Waals surface area contributed by atoms with Gasteiger partial charge in [-0.15, -0.1) is 0 Å². The Morgan fingerprint density at radius 3 is 1.69 bits per heavy atom. The summed E-state index contributed by atoms with van der Waals surface area (Å²) in [6.07, 6.45) is 1.90. The van der Waals surface area contributed by atoms with Crippen LogP contribution in [0.2, 0.25) is 0 Å². The van der Waals surface area contributed by atoms with Crippen molar-refractivity contribution in [2.75, 3.05) is 21.1 Å². The van der Waals surface area contributed by atoms with Crippen LogP contribution in [-0.2, 0) is 0 Å². The summed E-state index contributed by atoms with van der Waals surface area (Å²) in [5.41, 5.74) is 5.65. The fourth-order valence-corrected chi connectivity index (χ4v) is 1.01. The van der Waals surface area contributed by atoms with E-state index in [-0.39, 0.29) is 11.3 Å². The molecule has 0 aliphatic rings. The Bertz CT molecular complexity index is 141. The van der Waals surface area contributed by atoms with Crippen molar-refractivity contribution in [3.63, 3.8) is 0 Å². The van der Waals surface area contributed by atoms with Gasteiger partial charge in [-0.2, -0.15) is 0 Å². The molecule has 0 amide bonds. The number of rotatable bonds is 6. The predicted molar refractivity (Wildman–Crippen MR) is 57.4 cm³/mol. The molecule has 0 aromatic carbocycles. The third-order valence-electron chi connectivity index (χ3n) is 2.82. The quantitative estimate of drug-likeness (QED) is 0.437. The van der Waals surface area contributed by atoms with Crippen LogP contribution in [0.25, 0.3) is 0 Å². The highest BCUT2D eigenvalue weighted by Gasteiger charge is 2.24. The van der Waals surface area contributed by atoms with E-state index in [0.717, 1.165) is 12.8 Å². The molecule has 80 valence electrons. The Hall–Kier alpha value is -0.160. The lowest BCUT2D eigenvalue weighted by Crippen LogP contribution is -2.55. The molecule has 4 heteroatoms. The van der Waals surface area contributed by atoms with Gasteiger partial charge in [0.2, 0.25) is 0 Å². The predicted octanol–water partition coefficient (Wildman–Crippen LogP) is -0.184. The van der Waals surface area contributed by atoms with Gasteiger partial charge in [0.1, 0.15) is 0 Å². The van der Waals surface area contributed by atoms with E-state index in [0.29, 0.717) is 0 Å². The lowest BCUT2D eigenvalue weighted by atomic mass is 9.99. The topological polar surface area (TPSA) is 62.1 Å². The molecule has 0 saturated heterocycles. The van der Waals surface area contributed by atoms with Crippen molar-refractivity contribution in [1.29, 1.82) is 0 Å². The SMILES string of the molecule is CNC(C)(N)CCC(C)(NC)NC. The fraction of sp³-hybridized carbons (Fsp3) is 1.00. The number of hydrogen-bond donors (Lipinski definition) is 4. The summed E-state index contributed by atoms with van der Waals surface area (Å²) >= 11 is 0. The molecule has 1 atom stereocenters. The molecule has 4 nitrogen and oxygen atoms in total. The van der Waals surface area contributed by atoms with Gasteiger partial charge in [0.05, 0.1) is 11.3 Å². The minimum Gasteiger partial charge on any atom is -0.314 e. The maximum atomic E-state index is 5.97. The summed E-state index contributed by atoms with van der Waals surface area (Å²) in [7, 11) is 5.78. The van der Waals surface area contributed by atoms with Crippen LogP contribution in [0.4, 0.5) is 0 Å². The van der Waals surface area contributed by atoms with Crippen LogP contribution in [0.1, 0.15) is 26.7 Å². The van der Waals surface area contributed by atoms with E-state index in [9.17, 15) is 0 Å². The van der Waals surface area contributed by atoms with Crippen molar-refractivity contribution in [3.05, 3.63) is 0 Å². The molecule has 0 fully saturated rings. The Morgan fingerprint density at radius 2 is 1.38 bits per heavy atom. The van der Waals surface area contributed by atoms with Crippen molar-refractivity contribution in [2.24, 2.45) is 5.73 Å². The molecule has 0 spiro atoms. The molecule has 0 aromatic rings. The van der Waals surface area contributed by atoms with E-state index in [1.54, 1.807) is 0 Å². The van der Waals surface area contributed by atoms with Crippen molar-refractivity contribution >= 4 is 0 Å². The van der Waals surface area contributed by atoms with E-state index >= 15 is 0 Å². The largest absolute Gasteiger partial charge is 0.314 e. The smallest absolute Gasteiger partial charge is 0.0654 e. The molecule has 0 radical (unpaired) electrons. The van der Waals surface area contributed by atoms with Gasteiger partial charge in [-0.25, -0.2) is 0 Å². The highest BCUT2D eigenvalue weighted by molar-refractivity contribution is 4.82. The molecule has 0 rings (SSSR count). The van der Waals surface area contributed by atoms with Crippen molar-refractivity contribution in [2.45, 2.75) is 38.0 Å². The van der Waals surface area contributed by atoms with Gasteiger partial charge in [-0.1, -0.05) is 0 Å². The second kappa shape index (κ2) is 4.91. The lowest BCUT2D eigenvalue weighted by molar-refractivity contribution is 0.249. The van der Waals surface area contributed by atoms with Crippen LogP contribution >= 0.6 is 0 Å². The fourth-order valence-electron chi connectivity index (χ4n) is 1.01. The second-order valence-corrected chi connectivity index (χ2v) is 4.00. The van der Waals surface area contributed by atoms with Crippen molar-refractivity contribution < 1.29 is 0 Å². The summed E-state index contributed by atoms with van der Waals surface area (Å²) < 4.78 is 0. The minimum atomic E-state index is -0.283. The summed E-state index contributed by atoms with van der Waals surface area (Å²) in [6.45, 7) is 4.12. The van der Waals surface area contributed by atoms with Gasteiger partial charge in [0.15, 0.2) is 0 Å². The monoisotopic (exact) mass is 188 g/mol. The molecular weight excluding hydrogens is 164 g/mol. The molecule has 1 unspecified atom stereocenters. The molecule has 13 heavy (non-hydrogen) atoms. The molecule has 0 aliphatic carbocycles. The van der Waals surface area contributed by atoms with Crippen LogP contribution in [0, 0.1) is 0 Å². The van der Waals surface area contributed by atoms with Gasteiger partial charge < -0.3 is 21.7 Å². The maximum absolute atomic E-state index is 5.97. The van der Waals surface area contributed by atoms with E-state index in [1.807, 2.05) is 28.1 Å². The first-order valence-corrected chi connectivity index (χ1v) is 4.75. The molecule has 0 bridgehead atoms. The van der Waals surface area contributed by atoms with Gasteiger partial charge in [-0.3, -0.25) is 0 Å². The third kappa shape index (κ3) is 4.57. The molecule has 0 heterocycles. The van der Waals surface area contributed by atoms with Crippen molar-refractivity contribution in [3.8, 4) is 0 Å². The molecule has 0 aromatic heterocycles. The van der Waals surface area contributed by atoms with E-state index in [2.05, 4.69) is 22.9 Å². The lowest BCUT2D eigenvalue weighted by Gasteiger charge is -2.33. The zero-order chi connectivity index (χ0) is 10.5. The molecular formula is C9H24N4. The van der Waals surface area contributed by atoms with E-state index in [4.69, 9.17) is 5.73 Å². The summed E-state index contributed by atoms with van der Waals surface area (Å²) in [6, 6.07) is 0. The Balaban J connectivity index is 3.99. The highest BCUT2D eigenvalue weighted by atomic mass is 15.2. The van der Waals surface area contributed by atoms with E-state index in [1.165, 1.54) is 0 Å². The molecule has 0 saturated carbocycles. The van der Waals surface area contributed by atoms with E-state index < -0.39 is 0 Å². The summed E-state index contributed by atoms with van der Waals surface area (Å²) in [5.74, 6) is 0. The second-order valence-electron chi connectivity index (χ2n) is 4.00. The van der Waals surface area contributed by atoms with Crippen LogP contribution in [0.5, 0.6) is 0 Å². The zero-order valence-electron chi connectivity index (χ0n) is 9.49. The van der Waals surface area contributed by atoms with Crippen LogP contribution in [-0.4, -0.2) is 32.5 Å². The van der Waals surface area contributed by atoms with Gasteiger partial charge in [0.25, 0.3) is 0 Å². The average molecular weight is 188 g/mol. The van der Waals surface area contributed by atoms with Crippen LogP contribution in [0.3, 0.4) is 0 Å². The molecule has 0 aliphatic heterocycles.